The zero-order valence-corrected chi connectivity index (χ0v) is 40.7. The number of nitrogens with one attached hydrogen (secondary N) is 4. The van der Waals surface area contributed by atoms with Crippen molar-refractivity contribution < 1.29 is 56.9 Å². The molecule has 5 amide bonds. The van der Waals surface area contributed by atoms with Gasteiger partial charge in [0.25, 0.3) is 5.91 Å². The van der Waals surface area contributed by atoms with Crippen molar-refractivity contribution in [1.29, 1.82) is 0 Å². The summed E-state index contributed by atoms with van der Waals surface area (Å²) in [5, 5.41) is 30.6. The number of carboxylic acid groups (broad SMARTS) is 2. The number of aromatic carboxylic acids is 1. The van der Waals surface area contributed by atoms with Gasteiger partial charge in [-0.15, -0.1) is 11.3 Å². The van der Waals surface area contributed by atoms with E-state index in [1.807, 2.05) is 19.9 Å². The van der Waals surface area contributed by atoms with Crippen molar-refractivity contribution in [2.75, 3.05) is 48.7 Å². The van der Waals surface area contributed by atoms with Gasteiger partial charge in [0.15, 0.2) is 17.2 Å². The van der Waals surface area contributed by atoms with Crippen molar-refractivity contribution in [1.82, 2.24) is 19.4 Å². The van der Waals surface area contributed by atoms with Gasteiger partial charge >= 0.3 is 11.9 Å². The van der Waals surface area contributed by atoms with Crippen molar-refractivity contribution in [3.05, 3.63) is 93.3 Å². The Hall–Kier alpha value is -6.55. The molecular weight excluding hydrogens is 966 g/mol. The van der Waals surface area contributed by atoms with Crippen LogP contribution in [0.4, 0.5) is 17.1 Å². The molecule has 70 heavy (non-hydrogen) atoms. The molecule has 4 aliphatic rings. The molecule has 4 aliphatic heterocycles. The van der Waals surface area contributed by atoms with Gasteiger partial charge in [-0.1, -0.05) is 35.9 Å². The van der Waals surface area contributed by atoms with Gasteiger partial charge < -0.3 is 40.7 Å². The van der Waals surface area contributed by atoms with Crippen LogP contribution in [-0.4, -0.2) is 125 Å². The number of amides is 5. The monoisotopic (exact) mass is 1020 g/mol. The number of anilines is 3. The summed E-state index contributed by atoms with van der Waals surface area (Å²) in [6.07, 6.45) is 2.27. The summed E-state index contributed by atoms with van der Waals surface area (Å²) >= 11 is 7.39. The second kappa shape index (κ2) is 20.4. The fourth-order valence-corrected chi connectivity index (χ4v) is 13.0. The number of piperidine rings is 3. The molecule has 0 aliphatic carbocycles. The lowest BCUT2D eigenvalue weighted by Crippen LogP contribution is -2.55. The average Bonchev–Trinajstić information content (AvgIpc) is 3.82. The Balaban J connectivity index is 0.801. The van der Waals surface area contributed by atoms with Crippen LogP contribution in [0.5, 0.6) is 5.75 Å². The molecule has 2 atom stereocenters. The first-order chi connectivity index (χ1) is 33.3. The lowest BCUT2D eigenvalue weighted by Gasteiger charge is -2.45. The number of hydrogen-bond acceptors (Lipinski definition) is 13. The van der Waals surface area contributed by atoms with Gasteiger partial charge in [0.2, 0.25) is 33.7 Å². The van der Waals surface area contributed by atoms with Gasteiger partial charge in [-0.3, -0.25) is 29.3 Å². The van der Waals surface area contributed by atoms with Gasteiger partial charge in [-0.2, -0.15) is 4.31 Å². The first kappa shape index (κ1) is 49.9. The van der Waals surface area contributed by atoms with Gasteiger partial charge in [0.1, 0.15) is 11.1 Å². The molecule has 5 heterocycles. The second-order valence-corrected chi connectivity index (χ2v) is 21.7. The van der Waals surface area contributed by atoms with Crippen LogP contribution < -0.4 is 26.0 Å². The Morgan fingerprint density at radius 1 is 0.914 bits per heavy atom. The molecule has 8 rings (SSSR count). The van der Waals surface area contributed by atoms with E-state index >= 15 is 0 Å². The largest absolute Gasteiger partial charge is 0.479 e. The number of carboxylic acids is 2. The Morgan fingerprint density at radius 2 is 1.66 bits per heavy atom. The normalized spacial score (nSPS) is 19.6. The van der Waals surface area contributed by atoms with Crippen LogP contribution in [0.1, 0.15) is 83.5 Å². The topological polar surface area (TPSA) is 261 Å². The molecule has 370 valence electrons. The number of nitrogens with zero attached hydrogens (tertiary/aromatic N) is 3. The highest BCUT2D eigenvalue weighted by molar-refractivity contribution is 7.88. The number of halogens is 1. The van der Waals surface area contributed by atoms with Crippen LogP contribution in [0.25, 0.3) is 10.4 Å². The first-order valence-corrected chi connectivity index (χ1v) is 25.5. The third-order valence-corrected chi connectivity index (χ3v) is 16.7. The van der Waals surface area contributed by atoms with E-state index in [1.165, 1.54) is 9.21 Å². The number of sulfonamides is 1. The first-order valence-electron chi connectivity index (χ1n) is 22.7. The van der Waals surface area contributed by atoms with Crippen molar-refractivity contribution in [2.45, 2.75) is 82.3 Å². The Kier molecular flexibility index (Phi) is 14.5. The minimum atomic E-state index is -3.82. The van der Waals surface area contributed by atoms with Gasteiger partial charge in [0, 0.05) is 72.7 Å². The third-order valence-electron chi connectivity index (χ3n) is 13.0. The second-order valence-electron chi connectivity index (χ2n) is 18.4. The zero-order chi connectivity index (χ0) is 50.1. The molecule has 19 nitrogen and oxygen atoms in total. The Labute approximate surface area is 412 Å². The summed E-state index contributed by atoms with van der Waals surface area (Å²) in [6.45, 7) is 4.20. The Bertz CT molecular complexity index is 2880. The standard InChI is InChI=1S/C48H52ClN7O12S2/c1-48(2)22-34(51-33-8-4-6-29(20-33)42-40(49)41(68-25-39(59)60)43(69-42)47(64)65)15-18-56(48)70(66,67)26-27-5-3-7-32(19-27)52-44(61)28-13-16-54(17-14-28)38(58)23-50-31-9-10-35-30(21-31)24-55(46(35)63)36-11-12-37(57)53-45(36)62/h3-10,19-21,28,34,36,50-51H,11-18,22-26H2,1-2H3,(H,52,61)(H,59,60)(H,64,65)(H,53,57,62)/t34-,36?/m0/s1. The summed E-state index contributed by atoms with van der Waals surface area (Å²) in [4.78, 5) is 90.0. The molecule has 0 bridgehead atoms. The zero-order valence-electron chi connectivity index (χ0n) is 38.3. The molecule has 1 aromatic heterocycles. The fraction of sp³-hybridized carbons (Fsp3) is 0.396. The molecule has 4 aromatic rings. The highest BCUT2D eigenvalue weighted by Crippen LogP contribution is 2.46. The maximum Gasteiger partial charge on any atom is 0.349 e. The minimum Gasteiger partial charge on any atom is -0.479 e. The van der Waals surface area contributed by atoms with E-state index in [1.54, 1.807) is 65.6 Å². The molecule has 0 radical (unpaired) electrons. The summed E-state index contributed by atoms with van der Waals surface area (Å²) in [5.41, 5.74) is 3.32. The van der Waals surface area contributed by atoms with Crippen LogP contribution in [0.3, 0.4) is 0 Å². The van der Waals surface area contributed by atoms with E-state index in [0.29, 0.717) is 77.4 Å². The molecule has 0 spiro atoms. The number of thiophene rings is 1. The number of imide groups is 1. The number of benzene rings is 3. The summed E-state index contributed by atoms with van der Waals surface area (Å²) in [6, 6.07) is 18.3. The molecule has 22 heteroatoms. The van der Waals surface area contributed by atoms with Crippen LogP contribution >= 0.6 is 22.9 Å². The van der Waals surface area contributed by atoms with E-state index in [9.17, 15) is 47.1 Å². The highest BCUT2D eigenvalue weighted by atomic mass is 35.5. The van der Waals surface area contributed by atoms with Crippen molar-refractivity contribution in [2.24, 2.45) is 5.92 Å². The van der Waals surface area contributed by atoms with Crippen LogP contribution in [0.15, 0.2) is 66.7 Å². The maximum atomic E-state index is 14.0. The molecule has 3 saturated heterocycles. The third kappa shape index (κ3) is 11.1. The van der Waals surface area contributed by atoms with Gasteiger partial charge in [-0.05, 0) is 105 Å². The Morgan fingerprint density at radius 3 is 2.37 bits per heavy atom. The predicted molar refractivity (Wildman–Crippen MR) is 260 cm³/mol. The maximum absolute atomic E-state index is 14.0. The predicted octanol–water partition coefficient (Wildman–Crippen LogP) is 5.47. The number of ether oxygens (including phenoxy) is 1. The smallest absolute Gasteiger partial charge is 0.349 e. The molecule has 1 unspecified atom stereocenters. The summed E-state index contributed by atoms with van der Waals surface area (Å²) in [5.74, 6) is -4.92. The fourth-order valence-electron chi connectivity index (χ4n) is 9.63. The molecule has 0 saturated carbocycles. The average molecular weight is 1020 g/mol. The summed E-state index contributed by atoms with van der Waals surface area (Å²) < 4.78 is 34.8. The number of hydrogen-bond donors (Lipinski definition) is 6. The number of carbonyl (C=O) groups is 7. The van der Waals surface area contributed by atoms with Crippen molar-refractivity contribution >= 4 is 91.5 Å². The lowest BCUT2D eigenvalue weighted by atomic mass is 9.89. The molecule has 6 N–H and O–H groups in total. The van der Waals surface area contributed by atoms with Crippen LogP contribution in [-0.2, 0) is 46.3 Å². The minimum absolute atomic E-state index is 0.000732. The number of aliphatic carboxylic acids is 1. The summed E-state index contributed by atoms with van der Waals surface area (Å²) in [7, 11) is -3.82. The number of carbonyl (C=O) groups excluding carboxylic acids is 5. The van der Waals surface area contributed by atoms with E-state index in [2.05, 4.69) is 21.3 Å². The van der Waals surface area contributed by atoms with Gasteiger partial charge in [0.05, 0.1) is 17.2 Å². The SMILES string of the molecule is CC1(C)C[C@@H](Nc2cccc(-c3sc(C(=O)O)c(OCC(=O)O)c3Cl)c2)CCN1S(=O)(=O)Cc1cccc(NC(=O)C2CCN(C(=O)CNc3ccc4c(c3)CN(C3CCC(=O)NC3=O)C4=O)CC2)c1. The number of fused-ring (bicyclic) bond motifs is 1. The van der Waals surface area contributed by atoms with Crippen molar-refractivity contribution in [3.8, 4) is 16.2 Å². The van der Waals surface area contributed by atoms with Crippen LogP contribution in [0.2, 0.25) is 5.02 Å². The molecular formula is C48H52ClN7O12S2. The van der Waals surface area contributed by atoms with Crippen molar-refractivity contribution in [3.63, 3.8) is 0 Å². The lowest BCUT2D eigenvalue weighted by molar-refractivity contribution is -0.139. The highest BCUT2D eigenvalue weighted by Gasteiger charge is 2.42. The van der Waals surface area contributed by atoms with E-state index in [4.69, 9.17) is 21.4 Å². The number of rotatable bonds is 16. The van der Waals surface area contributed by atoms with E-state index in [0.717, 1.165) is 16.9 Å². The molecule has 3 aromatic carbocycles. The van der Waals surface area contributed by atoms with E-state index in [-0.39, 0.29) is 89.5 Å². The van der Waals surface area contributed by atoms with Crippen LogP contribution in [0, 0.1) is 5.92 Å². The van der Waals surface area contributed by atoms with E-state index < -0.39 is 46.1 Å². The van der Waals surface area contributed by atoms with Gasteiger partial charge in [-0.25, -0.2) is 18.0 Å². The molecule has 3 fully saturated rings. The quantitative estimate of drug-likeness (QED) is 0.0762. The number of likely N-dealkylation sites (tertiary alicyclic amines) is 1.